The Kier molecular flexibility index (Phi) is 7.67. The summed E-state index contributed by atoms with van der Waals surface area (Å²) in [6.45, 7) is 4.03. The number of imidazole rings is 1. The van der Waals surface area contributed by atoms with Crippen molar-refractivity contribution in [1.29, 1.82) is 0 Å². The van der Waals surface area contributed by atoms with E-state index in [4.69, 9.17) is 35.5 Å². The van der Waals surface area contributed by atoms with Gasteiger partial charge in [-0.05, 0) is 68.6 Å². The number of ether oxygens (including phenoxy) is 4. The van der Waals surface area contributed by atoms with Gasteiger partial charge in [0.05, 0.1) is 26.3 Å². The molecule has 11 heteroatoms. The lowest BCUT2D eigenvalue weighted by molar-refractivity contribution is -0.0593. The Labute approximate surface area is 253 Å². The van der Waals surface area contributed by atoms with Gasteiger partial charge in [0, 0.05) is 22.8 Å². The van der Waals surface area contributed by atoms with Gasteiger partial charge in [-0.2, -0.15) is 0 Å². The number of aromatic nitrogens is 3. The van der Waals surface area contributed by atoms with Crippen LogP contribution in [0.4, 0.5) is 4.39 Å². The number of rotatable bonds is 7. The number of hydrogen-bond donors (Lipinski definition) is 0. The molecule has 7 rings (SSSR count). The summed E-state index contributed by atoms with van der Waals surface area (Å²) >= 11 is 5.96. The fourth-order valence-corrected chi connectivity index (χ4v) is 6.32. The Bertz CT molecular complexity index is 1670. The standard InChI is InChI=1S/C32H32ClFN4O5/c1-40-32(39)26-8-7-25-31(36-26)38(16-21-11-14-41-21)29(35-25)17-37-12-9-19(10-13-37)22-3-2-4-27-30(22)43-28(18-42-27)23-6-5-20(33)15-24(23)34/h2-8,15,19,21,28H,9-14,16-18H2,1H3. The van der Waals surface area contributed by atoms with Gasteiger partial charge in [0.25, 0.3) is 0 Å². The van der Waals surface area contributed by atoms with Gasteiger partial charge in [0.1, 0.15) is 23.8 Å². The number of hydrogen-bond acceptors (Lipinski definition) is 8. The molecule has 0 amide bonds. The smallest absolute Gasteiger partial charge is 0.356 e. The summed E-state index contributed by atoms with van der Waals surface area (Å²) in [6, 6.07) is 14.1. The van der Waals surface area contributed by atoms with E-state index >= 15 is 0 Å². The number of likely N-dealkylation sites (tertiary alicyclic amines) is 1. The van der Waals surface area contributed by atoms with Gasteiger partial charge in [-0.15, -0.1) is 0 Å². The maximum Gasteiger partial charge on any atom is 0.356 e. The molecule has 2 fully saturated rings. The van der Waals surface area contributed by atoms with Crippen molar-refractivity contribution in [3.05, 3.63) is 82.0 Å². The van der Waals surface area contributed by atoms with E-state index in [1.165, 1.54) is 13.2 Å². The van der Waals surface area contributed by atoms with Gasteiger partial charge in [0.15, 0.2) is 28.9 Å². The van der Waals surface area contributed by atoms with E-state index in [0.29, 0.717) is 40.8 Å². The third kappa shape index (κ3) is 5.55. The Balaban J connectivity index is 1.07. The summed E-state index contributed by atoms with van der Waals surface area (Å²) in [5.74, 6) is 1.69. The molecule has 0 aliphatic carbocycles. The van der Waals surface area contributed by atoms with Gasteiger partial charge < -0.3 is 23.5 Å². The third-order valence-corrected chi connectivity index (χ3v) is 8.84. The normalized spacial score (nSPS) is 20.6. The quantitative estimate of drug-likeness (QED) is 0.248. The van der Waals surface area contributed by atoms with E-state index in [0.717, 1.165) is 55.9 Å². The highest BCUT2D eigenvalue weighted by molar-refractivity contribution is 6.30. The van der Waals surface area contributed by atoms with Crippen LogP contribution in [0.25, 0.3) is 11.2 Å². The Morgan fingerprint density at radius 3 is 2.67 bits per heavy atom. The molecule has 5 heterocycles. The Morgan fingerprint density at radius 1 is 1.09 bits per heavy atom. The van der Waals surface area contributed by atoms with Crippen LogP contribution in [-0.4, -0.2) is 64.9 Å². The zero-order valence-electron chi connectivity index (χ0n) is 23.8. The number of carbonyl (C=O) groups is 1. The minimum atomic E-state index is -0.549. The first-order valence-corrected chi connectivity index (χ1v) is 15.0. The molecule has 0 N–H and O–H groups in total. The number of fused-ring (bicyclic) bond motifs is 2. The van der Waals surface area contributed by atoms with Crippen LogP contribution in [0.1, 0.15) is 58.7 Å². The van der Waals surface area contributed by atoms with Crippen molar-refractivity contribution in [2.24, 2.45) is 0 Å². The fraction of sp³-hybridized carbons (Fsp3) is 0.406. The second-order valence-corrected chi connectivity index (χ2v) is 11.7. The van der Waals surface area contributed by atoms with Gasteiger partial charge in [-0.3, -0.25) is 4.90 Å². The van der Waals surface area contributed by atoms with E-state index < -0.39 is 17.9 Å². The first-order valence-electron chi connectivity index (χ1n) is 14.6. The minimum absolute atomic E-state index is 0.113. The number of esters is 1. The predicted octanol–water partition coefficient (Wildman–Crippen LogP) is 5.69. The second kappa shape index (κ2) is 11.7. The van der Waals surface area contributed by atoms with E-state index in [1.54, 1.807) is 18.2 Å². The molecule has 3 aliphatic rings. The van der Waals surface area contributed by atoms with Crippen molar-refractivity contribution in [2.75, 3.05) is 33.4 Å². The summed E-state index contributed by atoms with van der Waals surface area (Å²) < 4.78 is 39.8. The highest BCUT2D eigenvalue weighted by Gasteiger charge is 2.32. The van der Waals surface area contributed by atoms with E-state index in [2.05, 4.69) is 20.5 Å². The molecule has 2 aromatic heterocycles. The van der Waals surface area contributed by atoms with Crippen LogP contribution in [0.15, 0.2) is 48.5 Å². The number of halogens is 2. The van der Waals surface area contributed by atoms with Crippen molar-refractivity contribution >= 4 is 28.7 Å². The molecule has 4 aromatic rings. The largest absolute Gasteiger partial charge is 0.485 e. The molecule has 2 atom stereocenters. The molecule has 0 saturated carbocycles. The molecule has 9 nitrogen and oxygen atoms in total. The van der Waals surface area contributed by atoms with Crippen molar-refractivity contribution in [3.63, 3.8) is 0 Å². The Hall–Kier alpha value is -3.73. The summed E-state index contributed by atoms with van der Waals surface area (Å²) in [4.78, 5) is 24.1. The molecule has 2 aromatic carbocycles. The molecule has 0 bridgehead atoms. The highest BCUT2D eigenvalue weighted by atomic mass is 35.5. The highest BCUT2D eigenvalue weighted by Crippen LogP contribution is 2.45. The molecule has 0 spiro atoms. The van der Waals surface area contributed by atoms with Crippen molar-refractivity contribution in [3.8, 4) is 11.5 Å². The average Bonchev–Trinajstić information content (AvgIpc) is 3.34. The maximum atomic E-state index is 14.7. The van der Waals surface area contributed by atoms with Gasteiger partial charge in [0.2, 0.25) is 0 Å². The second-order valence-electron chi connectivity index (χ2n) is 11.3. The molecular weight excluding hydrogens is 575 g/mol. The lowest BCUT2D eigenvalue weighted by Gasteiger charge is -2.35. The van der Waals surface area contributed by atoms with Crippen molar-refractivity contribution in [2.45, 2.75) is 50.5 Å². The van der Waals surface area contributed by atoms with Crippen LogP contribution >= 0.6 is 11.6 Å². The molecule has 2 saturated heterocycles. The number of pyridine rings is 1. The molecular formula is C32H32ClFN4O5. The number of para-hydroxylation sites is 1. The topological polar surface area (TPSA) is 87.9 Å². The van der Waals surface area contributed by atoms with Crippen LogP contribution in [0.5, 0.6) is 11.5 Å². The third-order valence-electron chi connectivity index (χ3n) is 8.61. The first-order chi connectivity index (χ1) is 21.0. The van der Waals surface area contributed by atoms with E-state index in [9.17, 15) is 9.18 Å². The van der Waals surface area contributed by atoms with Crippen molar-refractivity contribution < 1.29 is 28.1 Å². The van der Waals surface area contributed by atoms with Crippen molar-refractivity contribution in [1.82, 2.24) is 19.4 Å². The number of piperidine rings is 1. The number of methoxy groups -OCH3 is 1. The van der Waals surface area contributed by atoms with Crippen LogP contribution in [0.2, 0.25) is 5.02 Å². The number of carbonyl (C=O) groups excluding carboxylic acids is 1. The molecule has 43 heavy (non-hydrogen) atoms. The molecule has 0 radical (unpaired) electrons. The molecule has 2 unspecified atom stereocenters. The zero-order chi connectivity index (χ0) is 29.5. The lowest BCUT2D eigenvalue weighted by Crippen LogP contribution is -2.35. The van der Waals surface area contributed by atoms with Crippen LogP contribution in [-0.2, 0) is 22.6 Å². The molecule has 224 valence electrons. The number of nitrogens with zero attached hydrogens (tertiary/aromatic N) is 4. The average molecular weight is 607 g/mol. The van der Waals surface area contributed by atoms with E-state index in [-0.39, 0.29) is 24.3 Å². The zero-order valence-corrected chi connectivity index (χ0v) is 24.6. The van der Waals surface area contributed by atoms with Gasteiger partial charge in [-0.25, -0.2) is 19.2 Å². The SMILES string of the molecule is COC(=O)c1ccc2nc(CN3CCC(c4cccc5c4OC(c4ccc(Cl)cc4F)CO5)CC3)n(CC3CCO3)c2n1. The Morgan fingerprint density at radius 2 is 1.93 bits per heavy atom. The van der Waals surface area contributed by atoms with E-state index in [1.807, 2.05) is 18.2 Å². The summed E-state index contributed by atoms with van der Waals surface area (Å²) in [6.07, 6.45) is 2.40. The van der Waals surface area contributed by atoms with Gasteiger partial charge in [-0.1, -0.05) is 29.8 Å². The van der Waals surface area contributed by atoms with Gasteiger partial charge >= 0.3 is 5.97 Å². The maximum absolute atomic E-state index is 14.7. The summed E-state index contributed by atoms with van der Waals surface area (Å²) in [7, 11) is 1.35. The minimum Gasteiger partial charge on any atom is -0.485 e. The molecule has 3 aliphatic heterocycles. The fourth-order valence-electron chi connectivity index (χ4n) is 6.17. The lowest BCUT2D eigenvalue weighted by atomic mass is 9.88. The monoisotopic (exact) mass is 606 g/mol. The first kappa shape index (κ1) is 28.1. The van der Waals surface area contributed by atoms with Crippen LogP contribution in [0, 0.1) is 5.82 Å². The predicted molar refractivity (Wildman–Crippen MR) is 157 cm³/mol. The summed E-state index contributed by atoms with van der Waals surface area (Å²) in [5.41, 5.74) is 3.20. The number of benzene rings is 2. The van der Waals surface area contributed by atoms with Crippen LogP contribution in [0.3, 0.4) is 0 Å². The summed E-state index contributed by atoms with van der Waals surface area (Å²) in [5, 5.41) is 0.347. The van der Waals surface area contributed by atoms with Crippen LogP contribution < -0.4 is 9.47 Å².